The van der Waals surface area contributed by atoms with Gasteiger partial charge in [-0.15, -0.1) is 11.6 Å². The molecule has 1 saturated heterocycles. The van der Waals surface area contributed by atoms with Gasteiger partial charge in [0.05, 0.1) is 12.7 Å². The van der Waals surface area contributed by atoms with Crippen LogP contribution in [0.4, 0.5) is 0 Å². The minimum atomic E-state index is 0.350. The van der Waals surface area contributed by atoms with Crippen LogP contribution in [0.2, 0.25) is 0 Å². The van der Waals surface area contributed by atoms with Crippen molar-refractivity contribution in [3.05, 3.63) is 0 Å². The Morgan fingerprint density at radius 1 is 1.33 bits per heavy atom. The molecule has 1 unspecified atom stereocenters. The number of likely N-dealkylation sites (N-methyl/N-ethyl adjacent to an activating group) is 1. The van der Waals surface area contributed by atoms with Crippen LogP contribution in [-0.4, -0.2) is 67.2 Å². The first-order chi connectivity index (χ1) is 8.74. The summed E-state index contributed by atoms with van der Waals surface area (Å²) in [7, 11) is 0. The van der Waals surface area contributed by atoms with Crippen LogP contribution >= 0.6 is 11.6 Å². The number of alkyl halides is 1. The third-order valence-electron chi connectivity index (χ3n) is 3.94. The maximum atomic E-state index is 5.94. The van der Waals surface area contributed by atoms with Crippen molar-refractivity contribution in [1.82, 2.24) is 9.80 Å². The Balaban J connectivity index is 2.48. The zero-order valence-corrected chi connectivity index (χ0v) is 13.0. The lowest BCUT2D eigenvalue weighted by atomic mass is 10.1. The van der Waals surface area contributed by atoms with E-state index in [9.17, 15) is 0 Å². The third kappa shape index (κ3) is 5.04. The summed E-state index contributed by atoms with van der Waals surface area (Å²) in [6.45, 7) is 12.9. The van der Waals surface area contributed by atoms with Crippen LogP contribution in [0.1, 0.15) is 33.6 Å². The molecule has 1 aliphatic heterocycles. The fourth-order valence-corrected chi connectivity index (χ4v) is 2.99. The van der Waals surface area contributed by atoms with Crippen LogP contribution in [0.3, 0.4) is 0 Å². The lowest BCUT2D eigenvalue weighted by Gasteiger charge is -2.37. The molecule has 0 N–H and O–H groups in total. The van der Waals surface area contributed by atoms with Gasteiger partial charge in [-0.1, -0.05) is 20.8 Å². The highest BCUT2D eigenvalue weighted by Crippen LogP contribution is 2.13. The Hall–Kier alpha value is 0.170. The molecular formula is C14H29ClN2O. The average molecular weight is 277 g/mol. The Bertz CT molecular complexity index is 212. The molecule has 1 heterocycles. The molecule has 4 heteroatoms. The number of halogens is 1. The SMILES string of the molecule is CCC(CC)N(CCCl)CC1CN(CC)CCO1. The van der Waals surface area contributed by atoms with Gasteiger partial charge in [0, 0.05) is 38.1 Å². The first-order valence-corrected chi connectivity index (χ1v) is 7.92. The average Bonchev–Trinajstić information content (AvgIpc) is 2.40. The van der Waals surface area contributed by atoms with E-state index in [4.69, 9.17) is 16.3 Å². The normalized spacial score (nSPS) is 22.0. The number of morpholine rings is 1. The summed E-state index contributed by atoms with van der Waals surface area (Å²) >= 11 is 5.94. The summed E-state index contributed by atoms with van der Waals surface area (Å²) in [5.41, 5.74) is 0. The molecule has 0 radical (unpaired) electrons. The van der Waals surface area contributed by atoms with Crippen molar-refractivity contribution in [3.8, 4) is 0 Å². The predicted molar refractivity (Wildman–Crippen MR) is 78.5 cm³/mol. The predicted octanol–water partition coefficient (Wildman–Crippen LogP) is 2.44. The summed E-state index contributed by atoms with van der Waals surface area (Å²) in [6.07, 6.45) is 2.73. The molecule has 0 amide bonds. The molecule has 0 saturated carbocycles. The number of nitrogens with zero attached hydrogens (tertiary/aromatic N) is 2. The summed E-state index contributed by atoms with van der Waals surface area (Å²) in [5.74, 6) is 0.709. The lowest BCUT2D eigenvalue weighted by molar-refractivity contribution is -0.0468. The fraction of sp³-hybridized carbons (Fsp3) is 1.00. The largest absolute Gasteiger partial charge is 0.374 e. The van der Waals surface area contributed by atoms with Gasteiger partial charge in [-0.3, -0.25) is 9.80 Å². The Morgan fingerprint density at radius 2 is 2.06 bits per heavy atom. The van der Waals surface area contributed by atoms with E-state index >= 15 is 0 Å². The lowest BCUT2D eigenvalue weighted by Crippen LogP contribution is -2.49. The second-order valence-corrected chi connectivity index (χ2v) is 5.42. The molecule has 0 spiro atoms. The molecule has 0 aliphatic carbocycles. The van der Waals surface area contributed by atoms with Crippen molar-refractivity contribution in [2.45, 2.75) is 45.8 Å². The van der Waals surface area contributed by atoms with Gasteiger partial charge < -0.3 is 4.74 Å². The standard InChI is InChI=1S/C14H29ClN2O/c1-4-13(5-2)17(8-7-15)12-14-11-16(6-3)9-10-18-14/h13-14H,4-12H2,1-3H3. The minimum Gasteiger partial charge on any atom is -0.374 e. The van der Waals surface area contributed by atoms with Crippen LogP contribution in [0.15, 0.2) is 0 Å². The summed E-state index contributed by atoms with van der Waals surface area (Å²) in [5, 5.41) is 0. The van der Waals surface area contributed by atoms with Gasteiger partial charge in [0.2, 0.25) is 0 Å². The van der Waals surface area contributed by atoms with Crippen molar-refractivity contribution in [2.24, 2.45) is 0 Å². The molecule has 1 rings (SSSR count). The summed E-state index contributed by atoms with van der Waals surface area (Å²) < 4.78 is 5.90. The zero-order chi connectivity index (χ0) is 13.4. The molecule has 0 aromatic carbocycles. The highest BCUT2D eigenvalue weighted by Gasteiger charge is 2.24. The van der Waals surface area contributed by atoms with Crippen LogP contribution < -0.4 is 0 Å². The number of ether oxygens (including phenoxy) is 1. The molecule has 108 valence electrons. The Labute approximate surface area is 117 Å². The summed E-state index contributed by atoms with van der Waals surface area (Å²) in [4.78, 5) is 4.98. The van der Waals surface area contributed by atoms with Crippen molar-refractivity contribution in [2.75, 3.05) is 45.2 Å². The zero-order valence-electron chi connectivity index (χ0n) is 12.2. The van der Waals surface area contributed by atoms with Crippen molar-refractivity contribution >= 4 is 11.6 Å². The van der Waals surface area contributed by atoms with Crippen LogP contribution in [0.5, 0.6) is 0 Å². The Kier molecular flexibility index (Phi) is 8.23. The highest BCUT2D eigenvalue weighted by atomic mass is 35.5. The van der Waals surface area contributed by atoms with E-state index in [1.54, 1.807) is 0 Å². The smallest absolute Gasteiger partial charge is 0.0829 e. The van der Waals surface area contributed by atoms with Gasteiger partial charge >= 0.3 is 0 Å². The van der Waals surface area contributed by atoms with Gasteiger partial charge in [0.15, 0.2) is 0 Å². The molecular weight excluding hydrogens is 248 g/mol. The summed E-state index contributed by atoms with van der Waals surface area (Å²) in [6, 6.07) is 0.643. The van der Waals surface area contributed by atoms with Gasteiger partial charge in [0.25, 0.3) is 0 Å². The van der Waals surface area contributed by atoms with Gasteiger partial charge in [0.1, 0.15) is 0 Å². The van der Waals surface area contributed by atoms with Crippen molar-refractivity contribution < 1.29 is 4.74 Å². The second-order valence-electron chi connectivity index (χ2n) is 5.04. The van der Waals surface area contributed by atoms with Crippen molar-refractivity contribution in [3.63, 3.8) is 0 Å². The highest BCUT2D eigenvalue weighted by molar-refractivity contribution is 6.18. The monoisotopic (exact) mass is 276 g/mol. The molecule has 3 nitrogen and oxygen atoms in total. The first-order valence-electron chi connectivity index (χ1n) is 7.39. The van der Waals surface area contributed by atoms with Crippen LogP contribution in [0.25, 0.3) is 0 Å². The van der Waals surface area contributed by atoms with Gasteiger partial charge in [-0.25, -0.2) is 0 Å². The van der Waals surface area contributed by atoms with E-state index in [0.717, 1.165) is 39.3 Å². The van der Waals surface area contributed by atoms with E-state index in [0.29, 0.717) is 18.0 Å². The molecule has 0 bridgehead atoms. The van der Waals surface area contributed by atoms with Crippen LogP contribution in [-0.2, 0) is 4.74 Å². The van der Waals surface area contributed by atoms with E-state index in [2.05, 4.69) is 30.6 Å². The molecule has 18 heavy (non-hydrogen) atoms. The topological polar surface area (TPSA) is 15.7 Å². The minimum absolute atomic E-state index is 0.350. The third-order valence-corrected chi connectivity index (χ3v) is 4.11. The maximum Gasteiger partial charge on any atom is 0.0829 e. The number of hydrogen-bond donors (Lipinski definition) is 0. The number of rotatable bonds is 8. The first kappa shape index (κ1) is 16.2. The fourth-order valence-electron chi connectivity index (χ4n) is 2.78. The quantitative estimate of drug-likeness (QED) is 0.634. The second kappa shape index (κ2) is 9.13. The van der Waals surface area contributed by atoms with E-state index < -0.39 is 0 Å². The van der Waals surface area contributed by atoms with E-state index in [1.807, 2.05) is 0 Å². The molecule has 0 aromatic heterocycles. The van der Waals surface area contributed by atoms with E-state index in [1.165, 1.54) is 12.8 Å². The van der Waals surface area contributed by atoms with E-state index in [-0.39, 0.29) is 0 Å². The maximum absolute atomic E-state index is 5.94. The van der Waals surface area contributed by atoms with Crippen molar-refractivity contribution in [1.29, 1.82) is 0 Å². The number of hydrogen-bond acceptors (Lipinski definition) is 3. The molecule has 1 atom stereocenters. The Morgan fingerprint density at radius 3 is 2.61 bits per heavy atom. The molecule has 0 aromatic rings. The van der Waals surface area contributed by atoms with Crippen LogP contribution in [0, 0.1) is 0 Å². The van der Waals surface area contributed by atoms with Gasteiger partial charge in [-0.05, 0) is 19.4 Å². The molecule has 1 aliphatic rings. The van der Waals surface area contributed by atoms with Gasteiger partial charge in [-0.2, -0.15) is 0 Å². The molecule has 1 fully saturated rings.